The van der Waals surface area contributed by atoms with E-state index in [2.05, 4.69) is 6.92 Å². The fraction of sp³-hybridized carbons (Fsp3) is 0.455. The number of aryl methyl sites for hydroxylation is 1. The number of unbranched alkanes of at least 4 members (excludes halogenated alkanes) is 7. The van der Waals surface area contributed by atoms with Gasteiger partial charge in [-0.2, -0.15) is 8.42 Å². The second-order valence-corrected chi connectivity index (χ2v) is 8.44. The van der Waals surface area contributed by atoms with Crippen LogP contribution in [0.3, 0.4) is 0 Å². The van der Waals surface area contributed by atoms with Crippen LogP contribution < -0.4 is 4.74 Å². The number of hydrogen-bond donors (Lipinski definition) is 2. The molecule has 0 radical (unpaired) electrons. The fourth-order valence-corrected chi connectivity index (χ4v) is 3.74. The lowest BCUT2D eigenvalue weighted by molar-refractivity contribution is 0.401. The van der Waals surface area contributed by atoms with Gasteiger partial charge in [-0.25, -0.2) is 0 Å². The highest BCUT2D eigenvalue weighted by Gasteiger charge is 2.17. The van der Waals surface area contributed by atoms with E-state index < -0.39 is 10.1 Å². The average Bonchev–Trinajstić information content (AvgIpc) is 2.66. The van der Waals surface area contributed by atoms with Crippen LogP contribution in [-0.4, -0.2) is 18.1 Å². The zero-order valence-corrected chi connectivity index (χ0v) is 17.2. The Morgan fingerprint density at radius 3 is 2.18 bits per heavy atom. The first-order valence-corrected chi connectivity index (χ1v) is 11.4. The van der Waals surface area contributed by atoms with Crippen molar-refractivity contribution in [1.82, 2.24) is 0 Å². The first kappa shape index (κ1) is 22.2. The molecule has 0 bridgehead atoms. The fourth-order valence-electron chi connectivity index (χ4n) is 3.12. The van der Waals surface area contributed by atoms with Crippen LogP contribution in [0.4, 0.5) is 0 Å². The summed E-state index contributed by atoms with van der Waals surface area (Å²) >= 11 is 0. The molecule has 2 rings (SSSR count). The summed E-state index contributed by atoms with van der Waals surface area (Å²) in [5.74, 6) is 0.0718. The summed E-state index contributed by atoms with van der Waals surface area (Å²) in [7, 11) is -4.41. The first-order valence-electron chi connectivity index (χ1n) is 9.98. The molecule has 5 nitrogen and oxygen atoms in total. The van der Waals surface area contributed by atoms with E-state index in [9.17, 15) is 18.1 Å². The third-order valence-electron chi connectivity index (χ3n) is 4.69. The van der Waals surface area contributed by atoms with Crippen LogP contribution in [0.25, 0.3) is 0 Å². The van der Waals surface area contributed by atoms with E-state index in [0.717, 1.165) is 24.8 Å². The Bertz CT molecular complexity index is 846. The summed E-state index contributed by atoms with van der Waals surface area (Å²) in [6.45, 7) is 2.22. The quantitative estimate of drug-likeness (QED) is 0.328. The molecule has 0 aliphatic heterocycles. The lowest BCUT2D eigenvalue weighted by Gasteiger charge is -2.12. The minimum absolute atomic E-state index is 0.0236. The van der Waals surface area contributed by atoms with Crippen molar-refractivity contribution < 1.29 is 22.8 Å². The van der Waals surface area contributed by atoms with E-state index in [1.54, 1.807) is 18.2 Å². The van der Waals surface area contributed by atoms with Gasteiger partial charge in [-0.1, -0.05) is 70.1 Å². The largest absolute Gasteiger partial charge is 0.504 e. The van der Waals surface area contributed by atoms with Crippen molar-refractivity contribution >= 4 is 10.1 Å². The highest BCUT2D eigenvalue weighted by atomic mass is 32.2. The maximum Gasteiger partial charge on any atom is 0.298 e. The summed E-state index contributed by atoms with van der Waals surface area (Å²) in [4.78, 5) is -0.331. The normalized spacial score (nSPS) is 11.5. The van der Waals surface area contributed by atoms with Gasteiger partial charge in [0.05, 0.1) is 0 Å². The van der Waals surface area contributed by atoms with Gasteiger partial charge in [-0.05, 0) is 42.7 Å². The zero-order valence-electron chi connectivity index (χ0n) is 16.4. The minimum Gasteiger partial charge on any atom is -0.504 e. The van der Waals surface area contributed by atoms with E-state index in [1.807, 2.05) is 6.07 Å². The molecule has 0 amide bonds. The topological polar surface area (TPSA) is 83.8 Å². The molecule has 2 N–H and O–H groups in total. The average molecular weight is 407 g/mol. The first-order chi connectivity index (χ1) is 13.4. The van der Waals surface area contributed by atoms with Crippen LogP contribution >= 0.6 is 0 Å². The van der Waals surface area contributed by atoms with E-state index >= 15 is 0 Å². The zero-order chi connectivity index (χ0) is 20.4. The second-order valence-electron chi connectivity index (χ2n) is 7.05. The van der Waals surface area contributed by atoms with Gasteiger partial charge in [0, 0.05) is 0 Å². The maximum absolute atomic E-state index is 11.5. The summed E-state index contributed by atoms with van der Waals surface area (Å²) < 4.78 is 37.9. The van der Waals surface area contributed by atoms with Gasteiger partial charge < -0.3 is 9.84 Å². The van der Waals surface area contributed by atoms with Crippen molar-refractivity contribution in [2.45, 2.75) is 69.6 Å². The molecule has 6 heteroatoms. The molecule has 154 valence electrons. The molecular formula is C22H30O5S. The van der Waals surface area contributed by atoms with Crippen molar-refractivity contribution in [3.05, 3.63) is 48.0 Å². The van der Waals surface area contributed by atoms with Crippen LogP contribution in [-0.2, 0) is 16.5 Å². The van der Waals surface area contributed by atoms with E-state index in [-0.39, 0.29) is 22.1 Å². The Labute approximate surface area is 168 Å². The molecule has 0 aliphatic carbocycles. The molecule has 0 fully saturated rings. The van der Waals surface area contributed by atoms with Crippen LogP contribution in [0.15, 0.2) is 47.4 Å². The summed E-state index contributed by atoms with van der Waals surface area (Å²) in [6.07, 6.45) is 10.8. The molecule has 0 heterocycles. The van der Waals surface area contributed by atoms with Crippen molar-refractivity contribution in [1.29, 1.82) is 0 Å². The SMILES string of the molecule is CCCCCCCCCCc1ccc(O)c(Oc2ccccc2S(=O)(=O)O)c1. The third-order valence-corrected chi connectivity index (χ3v) is 5.58. The smallest absolute Gasteiger partial charge is 0.298 e. The highest BCUT2D eigenvalue weighted by molar-refractivity contribution is 7.86. The van der Waals surface area contributed by atoms with E-state index in [0.29, 0.717) is 0 Å². The third kappa shape index (κ3) is 7.17. The van der Waals surface area contributed by atoms with Gasteiger partial charge in [0.25, 0.3) is 10.1 Å². The van der Waals surface area contributed by atoms with Crippen LogP contribution in [0, 0.1) is 0 Å². The number of para-hydroxylation sites is 1. The summed E-state index contributed by atoms with van der Waals surface area (Å²) in [6, 6.07) is 10.9. The number of phenols is 1. The predicted octanol–water partition coefficient (Wildman–Crippen LogP) is 6.11. The van der Waals surface area contributed by atoms with Crippen LogP contribution in [0.2, 0.25) is 0 Å². The molecule has 0 saturated heterocycles. The second kappa shape index (κ2) is 11.1. The Hall–Kier alpha value is -2.05. The Morgan fingerprint density at radius 1 is 0.857 bits per heavy atom. The highest BCUT2D eigenvalue weighted by Crippen LogP contribution is 2.35. The van der Waals surface area contributed by atoms with Gasteiger partial charge >= 0.3 is 0 Å². The molecule has 0 aromatic heterocycles. The van der Waals surface area contributed by atoms with E-state index in [1.165, 1.54) is 56.7 Å². The van der Waals surface area contributed by atoms with Gasteiger partial charge in [-0.15, -0.1) is 0 Å². The molecule has 0 saturated carbocycles. The lowest BCUT2D eigenvalue weighted by Crippen LogP contribution is -2.01. The number of hydrogen-bond acceptors (Lipinski definition) is 4. The minimum atomic E-state index is -4.41. The number of phenolic OH excluding ortho intramolecular Hbond substituents is 1. The number of aromatic hydroxyl groups is 1. The van der Waals surface area contributed by atoms with Crippen molar-refractivity contribution in [3.8, 4) is 17.2 Å². The molecule has 28 heavy (non-hydrogen) atoms. The van der Waals surface area contributed by atoms with Crippen LogP contribution in [0.1, 0.15) is 63.9 Å². The Balaban J connectivity index is 1.94. The Kier molecular flexibility index (Phi) is 8.80. The van der Waals surface area contributed by atoms with Crippen LogP contribution in [0.5, 0.6) is 17.2 Å². The molecule has 0 atom stereocenters. The number of ether oxygens (including phenoxy) is 1. The lowest BCUT2D eigenvalue weighted by atomic mass is 10.0. The van der Waals surface area contributed by atoms with E-state index in [4.69, 9.17) is 4.74 Å². The predicted molar refractivity (Wildman–Crippen MR) is 111 cm³/mol. The van der Waals surface area contributed by atoms with Crippen molar-refractivity contribution in [3.63, 3.8) is 0 Å². The Morgan fingerprint density at radius 2 is 1.50 bits per heavy atom. The van der Waals surface area contributed by atoms with Gasteiger partial charge in [-0.3, -0.25) is 4.55 Å². The molecule has 0 aliphatic rings. The maximum atomic E-state index is 11.5. The monoisotopic (exact) mass is 406 g/mol. The van der Waals surface area contributed by atoms with Gasteiger partial charge in [0.2, 0.25) is 0 Å². The summed E-state index contributed by atoms with van der Waals surface area (Å²) in [5, 5.41) is 10.1. The standard InChI is InChI=1S/C22H30O5S/c1-2-3-4-5-6-7-8-9-12-18-15-16-19(23)21(17-18)27-20-13-10-11-14-22(20)28(24,25)26/h10-11,13-17,23H,2-9,12H2,1H3,(H,24,25,26). The molecule has 0 spiro atoms. The van der Waals surface area contributed by atoms with Crippen molar-refractivity contribution in [2.24, 2.45) is 0 Å². The molecule has 2 aromatic carbocycles. The molecular weight excluding hydrogens is 376 g/mol. The van der Waals surface area contributed by atoms with Gasteiger partial charge in [0.1, 0.15) is 10.6 Å². The summed E-state index contributed by atoms with van der Waals surface area (Å²) in [5.41, 5.74) is 1.02. The molecule has 2 aromatic rings. The number of rotatable bonds is 12. The van der Waals surface area contributed by atoms with Crippen molar-refractivity contribution in [2.75, 3.05) is 0 Å². The molecule has 0 unspecified atom stereocenters. The van der Waals surface area contributed by atoms with Gasteiger partial charge in [0.15, 0.2) is 11.5 Å². The number of benzene rings is 2.